The van der Waals surface area contributed by atoms with Crippen LogP contribution in [0.25, 0.3) is 0 Å². The Bertz CT molecular complexity index is 2010. The molecule has 4 unspecified atom stereocenters. The number of esters is 2. The second-order valence-corrected chi connectivity index (χ2v) is 34.3. The molecule has 0 aromatic rings. The van der Waals surface area contributed by atoms with Crippen LogP contribution in [0.1, 0.15) is 465 Å². The van der Waals surface area contributed by atoms with Gasteiger partial charge in [0, 0.05) is 38.8 Å². The molecule has 0 rings (SSSR count). The van der Waals surface area contributed by atoms with E-state index in [4.69, 9.17) is 27.6 Å². The number of carbonyl (C=O) groups is 5. The van der Waals surface area contributed by atoms with Gasteiger partial charge >= 0.3 is 77.1 Å². The van der Waals surface area contributed by atoms with Crippen LogP contribution in [-0.4, -0.2) is 93.6 Å². The molecular formula is C87H170N4Na2O15P2. The number of nitrogens with one attached hydrogen (secondary N) is 4. The topological polar surface area (TPSA) is 269 Å². The summed E-state index contributed by atoms with van der Waals surface area (Å²) in [4.78, 5) is 92.3. The first-order valence-corrected chi connectivity index (χ1v) is 48.6. The van der Waals surface area contributed by atoms with Crippen LogP contribution in [0.4, 0.5) is 4.79 Å². The molecule has 0 saturated heterocycles. The maximum atomic E-state index is 13.4. The predicted octanol–water partition coefficient (Wildman–Crippen LogP) is 18.0. The van der Waals surface area contributed by atoms with Crippen molar-refractivity contribution in [3.63, 3.8) is 0 Å². The molecule has 0 saturated carbocycles. The molecule has 0 aromatic heterocycles. The van der Waals surface area contributed by atoms with E-state index in [-0.39, 0.29) is 121 Å². The summed E-state index contributed by atoms with van der Waals surface area (Å²) in [6, 6.07) is -2.04. The first kappa shape index (κ1) is 114. The van der Waals surface area contributed by atoms with Gasteiger partial charge in [-0.3, -0.25) is 28.3 Å². The van der Waals surface area contributed by atoms with E-state index in [0.717, 1.165) is 154 Å². The molecule has 0 aliphatic carbocycles. The number of unbranched alkanes of at least 4 members (excludes halogenated alkanes) is 48. The Morgan fingerprint density at radius 3 is 0.755 bits per heavy atom. The standard InChI is InChI=1S/C87H172N4O15P2.2Na/c1-7-13-19-25-31-35-39-41-45-51-57-69-83(92)90-79(63-61-67-81(65-55-49-29-23-17-11-5)105-85(94)71-59-53-47-43-37-33-27-21-15-9-3)77-103-107(97,98)101-75-73-88-87(96)89-74-76-102-108(99,100)104-78-80(91-84(93)70-58-52-46-42-40-36-32-26-20-14-8-2)64-62-68-82(66-56-50-30-24-18-12-6)106-86(95)72-60-54-48-44-38-34-28-22-16-10-4;;/h79-82H,7-78H2,1-6H3,(H,90,92)(H,91,93)(H,97,98)(H,99,100)(H2,88,89,96);;/q;2*+1/p-2/t79-,80-,81?,82?;;/m1../s1. The van der Waals surface area contributed by atoms with Crippen LogP contribution in [-0.2, 0) is 55.9 Å². The van der Waals surface area contributed by atoms with Crippen LogP contribution in [0.3, 0.4) is 0 Å². The van der Waals surface area contributed by atoms with Gasteiger partial charge in [0.1, 0.15) is 12.2 Å². The third kappa shape index (κ3) is 82.5. The van der Waals surface area contributed by atoms with Crippen LogP contribution in [0.2, 0.25) is 0 Å². The Morgan fingerprint density at radius 1 is 0.282 bits per heavy atom. The largest absolute Gasteiger partial charge is 1.00 e. The molecule has 23 heteroatoms. The van der Waals surface area contributed by atoms with E-state index < -0.39 is 47.0 Å². The number of ether oxygens (including phenoxy) is 2. The Kier molecular flexibility index (Phi) is 89.0. The third-order valence-electron chi connectivity index (χ3n) is 20.9. The van der Waals surface area contributed by atoms with Gasteiger partial charge in [0.05, 0.1) is 38.5 Å². The van der Waals surface area contributed by atoms with Gasteiger partial charge in [-0.2, -0.15) is 0 Å². The van der Waals surface area contributed by atoms with E-state index in [1.54, 1.807) is 0 Å². The van der Waals surface area contributed by atoms with E-state index in [9.17, 15) is 42.9 Å². The molecule has 0 aliphatic heterocycles. The zero-order valence-corrected chi connectivity index (χ0v) is 78.5. The normalized spacial score (nSPS) is 13.6. The zero-order chi connectivity index (χ0) is 79.2. The van der Waals surface area contributed by atoms with E-state index in [2.05, 4.69) is 62.8 Å². The summed E-state index contributed by atoms with van der Waals surface area (Å²) in [5, 5.41) is 11.0. The smallest absolute Gasteiger partial charge is 0.756 e. The van der Waals surface area contributed by atoms with Crippen molar-refractivity contribution in [2.45, 2.75) is 490 Å². The van der Waals surface area contributed by atoms with E-state index in [1.807, 2.05) is 0 Å². The summed E-state index contributed by atoms with van der Waals surface area (Å²) in [6.07, 6.45) is 67.7. The van der Waals surface area contributed by atoms with Gasteiger partial charge < -0.3 is 58.6 Å². The number of phosphoric ester groups is 2. The van der Waals surface area contributed by atoms with Gasteiger partial charge in [0.2, 0.25) is 11.8 Å². The molecule has 6 atom stereocenters. The quantitative estimate of drug-likeness (QED) is 0.0191. The summed E-state index contributed by atoms with van der Waals surface area (Å²) in [5.74, 6) is -0.721. The van der Waals surface area contributed by atoms with Crippen LogP contribution in [0, 0.1) is 0 Å². The van der Waals surface area contributed by atoms with Gasteiger partial charge in [0.15, 0.2) is 0 Å². The molecule has 0 aliphatic rings. The third-order valence-corrected chi connectivity index (χ3v) is 22.8. The number of amides is 4. The predicted molar refractivity (Wildman–Crippen MR) is 443 cm³/mol. The number of urea groups is 1. The maximum absolute atomic E-state index is 13.4. The van der Waals surface area contributed by atoms with Crippen molar-refractivity contribution in [3.8, 4) is 0 Å². The van der Waals surface area contributed by atoms with Gasteiger partial charge in [-0.25, -0.2) is 4.79 Å². The summed E-state index contributed by atoms with van der Waals surface area (Å²) in [5.41, 5.74) is 0. The fourth-order valence-corrected chi connectivity index (χ4v) is 15.6. The van der Waals surface area contributed by atoms with Crippen molar-refractivity contribution in [2.24, 2.45) is 0 Å². The van der Waals surface area contributed by atoms with Gasteiger partial charge in [-0.15, -0.1) is 0 Å². The summed E-state index contributed by atoms with van der Waals surface area (Å²) in [7, 11) is -9.84. The molecule has 110 heavy (non-hydrogen) atoms. The first-order chi connectivity index (χ1) is 52.5. The monoisotopic (exact) mass is 1620 g/mol. The molecule has 0 radical (unpaired) electrons. The molecule has 4 amide bonds. The summed E-state index contributed by atoms with van der Waals surface area (Å²) < 4.78 is 59.6. The summed E-state index contributed by atoms with van der Waals surface area (Å²) in [6.45, 7) is 11.2. The van der Waals surface area contributed by atoms with Crippen molar-refractivity contribution in [3.05, 3.63) is 0 Å². The van der Waals surface area contributed by atoms with E-state index >= 15 is 0 Å². The molecule has 640 valence electrons. The van der Waals surface area contributed by atoms with Gasteiger partial charge in [-0.1, -0.05) is 350 Å². The minimum atomic E-state index is -4.92. The van der Waals surface area contributed by atoms with Gasteiger partial charge in [-0.05, 0) is 89.9 Å². The van der Waals surface area contributed by atoms with Crippen LogP contribution in [0.5, 0.6) is 0 Å². The molecule has 4 N–H and O–H groups in total. The molecule has 0 fully saturated rings. The van der Waals surface area contributed by atoms with E-state index in [0.29, 0.717) is 64.2 Å². The first-order valence-electron chi connectivity index (χ1n) is 45.7. The van der Waals surface area contributed by atoms with Crippen molar-refractivity contribution < 1.29 is 130 Å². The Hall–Kier alpha value is -0.630. The second kappa shape index (κ2) is 86.2. The SMILES string of the molecule is CCCCCCCCCCCCCC(=O)N[C@H](CCCC(CCCCCCCC)OC(=O)CCCCCCCCCCCC)COP(=O)([O-])OCCNC(=O)NCCOP(=O)([O-])OC[C@@H](CCCC(CCCCCCCC)OC(=O)CCCCCCCCCCCC)NC(=O)CCCCCCCCCCCCC.[Na+].[Na+]. The number of hydrogen-bond donors (Lipinski definition) is 4. The number of phosphoric acid groups is 2. The number of hydrogen-bond acceptors (Lipinski definition) is 15. The second-order valence-electron chi connectivity index (χ2n) is 31.5. The fraction of sp³-hybridized carbons (Fsp3) is 0.943. The molecule has 0 aromatic carbocycles. The Morgan fingerprint density at radius 2 is 0.500 bits per heavy atom. The molecular weight excluding hydrogens is 1450 g/mol. The average Bonchev–Trinajstić information content (AvgIpc) is 0.915. The van der Waals surface area contributed by atoms with Crippen LogP contribution >= 0.6 is 15.6 Å². The average molecular weight is 1620 g/mol. The van der Waals surface area contributed by atoms with E-state index in [1.165, 1.54) is 205 Å². The summed E-state index contributed by atoms with van der Waals surface area (Å²) >= 11 is 0. The maximum Gasteiger partial charge on any atom is 1.00 e. The van der Waals surface area contributed by atoms with Crippen molar-refractivity contribution in [2.75, 3.05) is 39.5 Å². The van der Waals surface area contributed by atoms with Gasteiger partial charge in [0.25, 0.3) is 15.6 Å². The zero-order valence-electron chi connectivity index (χ0n) is 72.7. The minimum absolute atomic E-state index is 0. The fourth-order valence-electron chi connectivity index (χ4n) is 14.1. The Balaban J connectivity index is -0.0000572. The Labute approximate surface area is 719 Å². The number of rotatable bonds is 86. The van der Waals surface area contributed by atoms with Crippen molar-refractivity contribution in [1.82, 2.24) is 21.3 Å². The van der Waals surface area contributed by atoms with Crippen molar-refractivity contribution >= 4 is 45.4 Å². The van der Waals surface area contributed by atoms with Crippen LogP contribution in [0.15, 0.2) is 0 Å². The molecule has 19 nitrogen and oxygen atoms in total. The molecule has 0 heterocycles. The molecule has 0 spiro atoms. The minimum Gasteiger partial charge on any atom is -0.756 e. The number of carbonyl (C=O) groups excluding carboxylic acids is 5. The van der Waals surface area contributed by atoms with Crippen LogP contribution < -0.4 is 90.2 Å². The molecule has 0 bridgehead atoms. The van der Waals surface area contributed by atoms with Crippen molar-refractivity contribution in [1.29, 1.82) is 0 Å².